The first-order valence-corrected chi connectivity index (χ1v) is 28.5. The van der Waals surface area contributed by atoms with Gasteiger partial charge >= 0.3 is 0 Å². The van der Waals surface area contributed by atoms with Crippen molar-refractivity contribution in [1.29, 1.82) is 0 Å². The van der Waals surface area contributed by atoms with Crippen LogP contribution in [0, 0.1) is 5.92 Å². The first kappa shape index (κ1) is 67.9. The van der Waals surface area contributed by atoms with Crippen molar-refractivity contribution in [1.82, 2.24) is 62.2 Å². The normalized spacial score (nSPS) is 14.5. The molecule has 8 N–H and O–H groups in total. The van der Waals surface area contributed by atoms with Crippen LogP contribution in [0.2, 0.25) is 5.02 Å². The number of fused-ring (bicyclic) bond motifs is 1. The molecule has 3 unspecified atom stereocenters. The highest BCUT2D eigenvalue weighted by Gasteiger charge is 2.41. The predicted octanol–water partition coefficient (Wildman–Crippen LogP) is 3.48. The zero-order chi connectivity index (χ0) is 60.1. The minimum Gasteiger partial charge on any atom is -0.355 e. The van der Waals surface area contributed by atoms with E-state index in [1.165, 1.54) is 57.5 Å². The molecular weight excluding hydrogens is 1050 g/mol. The van der Waals surface area contributed by atoms with Gasteiger partial charge in [0.1, 0.15) is 34.7 Å². The Morgan fingerprint density at radius 3 is 2.01 bits per heavy atom. The summed E-state index contributed by atoms with van der Waals surface area (Å²) in [6, 6.07) is 3.13. The van der Waals surface area contributed by atoms with Crippen LogP contribution in [0.15, 0.2) is 30.5 Å². The number of amides is 10. The zero-order valence-electron chi connectivity index (χ0n) is 49.5. The van der Waals surface area contributed by atoms with E-state index in [2.05, 4.69) is 54.4 Å². The van der Waals surface area contributed by atoms with Gasteiger partial charge in [0.05, 0.1) is 24.2 Å². The molecule has 1 aromatic carbocycles. The van der Waals surface area contributed by atoms with Crippen LogP contribution in [-0.4, -0.2) is 173 Å². The minimum atomic E-state index is -1.60. The number of unbranched alkanes of at least 4 members (excludes halogenated alkanes) is 5. The Balaban J connectivity index is 1.64. The molecule has 1 aromatic heterocycles. The molecular formula is C57H91ClN12O10. The van der Waals surface area contributed by atoms with E-state index in [-0.39, 0.29) is 43.5 Å². The molecule has 0 aliphatic carbocycles. The van der Waals surface area contributed by atoms with Crippen LogP contribution in [0.5, 0.6) is 0 Å². The third-order valence-electron chi connectivity index (χ3n) is 13.8. The third kappa shape index (κ3) is 21.2. The molecule has 1 aliphatic heterocycles. The van der Waals surface area contributed by atoms with E-state index < -0.39 is 101 Å². The van der Waals surface area contributed by atoms with Crippen molar-refractivity contribution in [2.75, 3.05) is 53.4 Å². The Bertz CT molecular complexity index is 2500. The summed E-state index contributed by atoms with van der Waals surface area (Å²) in [6.45, 7) is 18.4. The molecule has 2 heterocycles. The lowest BCUT2D eigenvalue weighted by Gasteiger charge is -2.38. The number of aromatic nitrogens is 1. The van der Waals surface area contributed by atoms with Crippen molar-refractivity contribution >= 4 is 81.6 Å². The van der Waals surface area contributed by atoms with Gasteiger partial charge in [0, 0.05) is 55.2 Å². The summed E-state index contributed by atoms with van der Waals surface area (Å²) in [7, 11) is 3.77. The molecule has 0 spiro atoms. The van der Waals surface area contributed by atoms with Gasteiger partial charge in [-0.15, -0.1) is 0 Å². The average Bonchev–Trinajstić information content (AvgIpc) is 3.87. The van der Waals surface area contributed by atoms with E-state index in [0.29, 0.717) is 60.4 Å². The monoisotopic (exact) mass is 1140 g/mol. The van der Waals surface area contributed by atoms with E-state index in [1.54, 1.807) is 38.1 Å². The molecule has 446 valence electrons. The molecule has 1 saturated heterocycles. The molecule has 0 saturated carbocycles. The number of likely N-dealkylation sites (tertiary alicyclic amines) is 1. The van der Waals surface area contributed by atoms with Crippen LogP contribution in [-0.2, 0) is 43.2 Å². The standard InChI is InChI=1S/C57H91ClN12O10/c1-14-15-16-17-18-19-21-41(64-49(75)43-22-20-30-69(43)51(77)40-25-27-59-42-33-38(58)23-24-39(40)42)48(74)62-34-46(72)65-55(6,7)53(79)63-35-47(73)70(37(4)5)44(32-36(2)3)50(76)66-57(10,11)54(80)67-56(8,9)52(78)61-28-26-45(71)60-29-31-68(12)13/h23-25,27,33,36-37,41,43-44H,14-22,26,28-32,34-35H2,1-13H3,(H,60,71)(H,61,78)(H,62,74)(H,63,79)(H,64,75)(H,65,72)(H,66,76)(H,67,80). The van der Waals surface area contributed by atoms with E-state index in [0.717, 1.165) is 32.1 Å². The largest absolute Gasteiger partial charge is 0.355 e. The Morgan fingerprint density at radius 2 is 1.36 bits per heavy atom. The van der Waals surface area contributed by atoms with Gasteiger partial charge in [-0.3, -0.25) is 52.9 Å². The van der Waals surface area contributed by atoms with E-state index in [1.807, 2.05) is 32.8 Å². The number of rotatable bonds is 32. The van der Waals surface area contributed by atoms with E-state index >= 15 is 0 Å². The smallest absolute Gasteiger partial charge is 0.255 e. The zero-order valence-corrected chi connectivity index (χ0v) is 50.3. The van der Waals surface area contributed by atoms with Gasteiger partial charge in [0.25, 0.3) is 5.91 Å². The lowest BCUT2D eigenvalue weighted by Crippen LogP contribution is -2.65. The quantitative estimate of drug-likeness (QED) is 0.0489. The molecule has 1 fully saturated rings. The molecule has 3 atom stereocenters. The molecule has 80 heavy (non-hydrogen) atoms. The number of nitrogens with zero attached hydrogens (tertiary/aromatic N) is 4. The first-order valence-electron chi connectivity index (χ1n) is 28.1. The van der Waals surface area contributed by atoms with Crippen LogP contribution < -0.4 is 42.5 Å². The fourth-order valence-electron chi connectivity index (χ4n) is 9.20. The van der Waals surface area contributed by atoms with E-state index in [9.17, 15) is 47.9 Å². The average molecular weight is 1140 g/mol. The summed E-state index contributed by atoms with van der Waals surface area (Å²) in [5.41, 5.74) is -3.70. The fraction of sp³-hybridized carbons (Fsp3) is 0.667. The maximum Gasteiger partial charge on any atom is 0.255 e. The van der Waals surface area contributed by atoms with Gasteiger partial charge in [-0.1, -0.05) is 77.0 Å². The highest BCUT2D eigenvalue weighted by Crippen LogP contribution is 2.26. The van der Waals surface area contributed by atoms with Gasteiger partial charge in [-0.05, 0) is 119 Å². The molecule has 23 heteroatoms. The Morgan fingerprint density at radius 1 is 0.725 bits per heavy atom. The Hall–Kier alpha value is -6.42. The summed E-state index contributed by atoms with van der Waals surface area (Å²) < 4.78 is 0. The second-order valence-electron chi connectivity index (χ2n) is 23.3. The number of hydrogen-bond acceptors (Lipinski definition) is 12. The number of carbonyl (C=O) groups excluding carboxylic acids is 10. The van der Waals surface area contributed by atoms with Crippen LogP contribution in [0.1, 0.15) is 157 Å². The van der Waals surface area contributed by atoms with Crippen LogP contribution in [0.25, 0.3) is 10.9 Å². The molecule has 0 radical (unpaired) electrons. The summed E-state index contributed by atoms with van der Waals surface area (Å²) >= 11 is 6.18. The van der Waals surface area contributed by atoms with Crippen LogP contribution in [0.3, 0.4) is 0 Å². The fourth-order valence-corrected chi connectivity index (χ4v) is 9.36. The number of nitrogens with one attached hydrogen (secondary N) is 8. The topological polar surface area (TPSA) is 290 Å². The summed E-state index contributed by atoms with van der Waals surface area (Å²) in [6.07, 6.45) is 8.55. The number of carbonyl (C=O) groups is 10. The van der Waals surface area contributed by atoms with Gasteiger partial charge < -0.3 is 57.2 Å². The summed E-state index contributed by atoms with van der Waals surface area (Å²) in [4.78, 5) is 145. The maximum atomic E-state index is 14.2. The van der Waals surface area contributed by atoms with Crippen molar-refractivity contribution in [3.63, 3.8) is 0 Å². The number of likely N-dealkylation sites (N-methyl/N-ethyl adjacent to an activating group) is 1. The minimum absolute atomic E-state index is 0.0369. The Labute approximate surface area is 477 Å². The second-order valence-corrected chi connectivity index (χ2v) is 23.7. The summed E-state index contributed by atoms with van der Waals surface area (Å²) in [5, 5.41) is 22.6. The van der Waals surface area contributed by atoms with E-state index in [4.69, 9.17) is 11.6 Å². The molecule has 10 amide bonds. The SMILES string of the molecule is CCCCCCCCC(NC(=O)C1CCCN1C(=O)c1ccnc2cc(Cl)ccc12)C(=O)NCC(=O)NC(C)(C)C(=O)NCC(=O)N(C(C)C)C(CC(C)C)C(=O)NC(C)(C)C(=O)NC(C)(C)C(=O)NCCC(=O)NCCN(C)C. The number of benzene rings is 1. The Kier molecular flexibility index (Phi) is 26.8. The highest BCUT2D eigenvalue weighted by molar-refractivity contribution is 6.31. The van der Waals surface area contributed by atoms with Crippen molar-refractivity contribution in [2.45, 2.75) is 188 Å². The lowest BCUT2D eigenvalue weighted by molar-refractivity contribution is -0.145. The van der Waals surface area contributed by atoms with Crippen LogP contribution >= 0.6 is 11.6 Å². The lowest BCUT2D eigenvalue weighted by atomic mass is 9.96. The highest BCUT2D eigenvalue weighted by atomic mass is 35.5. The predicted molar refractivity (Wildman–Crippen MR) is 308 cm³/mol. The van der Waals surface area contributed by atoms with Gasteiger partial charge in [0.2, 0.25) is 53.2 Å². The van der Waals surface area contributed by atoms with Gasteiger partial charge in [-0.25, -0.2) is 0 Å². The molecule has 0 bridgehead atoms. The molecule has 22 nitrogen and oxygen atoms in total. The number of hydrogen-bond donors (Lipinski definition) is 8. The van der Waals surface area contributed by atoms with Gasteiger partial charge in [-0.2, -0.15) is 0 Å². The molecule has 3 rings (SSSR count). The second kappa shape index (κ2) is 31.5. The summed E-state index contributed by atoms with van der Waals surface area (Å²) in [5.74, 6) is -5.74. The molecule has 2 aromatic rings. The van der Waals surface area contributed by atoms with Crippen molar-refractivity contribution in [3.05, 3.63) is 41.0 Å². The van der Waals surface area contributed by atoms with Crippen molar-refractivity contribution in [2.24, 2.45) is 5.92 Å². The third-order valence-corrected chi connectivity index (χ3v) is 14.0. The molecule has 1 aliphatic rings. The number of pyridine rings is 1. The van der Waals surface area contributed by atoms with Crippen LogP contribution in [0.4, 0.5) is 0 Å². The van der Waals surface area contributed by atoms with Crippen molar-refractivity contribution in [3.8, 4) is 0 Å². The first-order chi connectivity index (χ1) is 37.4. The van der Waals surface area contributed by atoms with Gasteiger partial charge in [0.15, 0.2) is 0 Å². The maximum absolute atomic E-state index is 14.2. The number of halogens is 1. The van der Waals surface area contributed by atoms with Crippen molar-refractivity contribution < 1.29 is 47.9 Å².